The molecule has 33 heavy (non-hydrogen) atoms. The summed E-state index contributed by atoms with van der Waals surface area (Å²) < 4.78 is 38.0. The lowest BCUT2D eigenvalue weighted by atomic mass is 10.1. The molecular formula is C24H24F3N5O. The lowest BCUT2D eigenvalue weighted by molar-refractivity contribution is -0.137. The summed E-state index contributed by atoms with van der Waals surface area (Å²) in [5, 5.41) is 14.0. The van der Waals surface area contributed by atoms with E-state index in [4.69, 9.17) is 0 Å². The average Bonchev–Trinajstić information content (AvgIpc) is 3.09. The Kier molecular flexibility index (Phi) is 6.76. The number of urea groups is 1. The van der Waals surface area contributed by atoms with Crippen LogP contribution < -0.4 is 15.5 Å². The zero-order valence-electron chi connectivity index (χ0n) is 17.9. The van der Waals surface area contributed by atoms with Crippen LogP contribution in [0.25, 0.3) is 11.3 Å². The van der Waals surface area contributed by atoms with E-state index in [9.17, 15) is 18.0 Å². The van der Waals surface area contributed by atoms with Gasteiger partial charge in [-0.15, -0.1) is 10.2 Å². The molecule has 172 valence electrons. The number of nitrogens with one attached hydrogen (secondary N) is 2. The van der Waals surface area contributed by atoms with Gasteiger partial charge in [-0.1, -0.05) is 25.0 Å². The summed E-state index contributed by atoms with van der Waals surface area (Å²) in [5.74, 6) is 0.867. The van der Waals surface area contributed by atoms with Gasteiger partial charge in [0.1, 0.15) is 0 Å². The number of hydrogen-bond acceptors (Lipinski definition) is 4. The zero-order chi connectivity index (χ0) is 23.3. The van der Waals surface area contributed by atoms with Crippen molar-refractivity contribution >= 4 is 23.2 Å². The lowest BCUT2D eigenvalue weighted by Crippen LogP contribution is -2.25. The number of aromatic nitrogens is 2. The Morgan fingerprint density at radius 2 is 1.52 bits per heavy atom. The van der Waals surface area contributed by atoms with Crippen LogP contribution in [0.15, 0.2) is 60.7 Å². The molecule has 1 aliphatic heterocycles. The third kappa shape index (κ3) is 6.00. The van der Waals surface area contributed by atoms with Crippen LogP contribution in [-0.2, 0) is 6.18 Å². The molecule has 0 unspecified atom stereocenters. The SMILES string of the molecule is O=C(Nc1ccc(C(F)(F)F)cc1)Nc1cccc(-c2ccc(N3CCCCCC3)nn2)c1. The highest BCUT2D eigenvalue weighted by Crippen LogP contribution is 2.30. The van der Waals surface area contributed by atoms with Crippen molar-refractivity contribution in [2.24, 2.45) is 0 Å². The van der Waals surface area contributed by atoms with Crippen molar-refractivity contribution in [2.45, 2.75) is 31.9 Å². The number of halogens is 3. The van der Waals surface area contributed by atoms with Crippen molar-refractivity contribution in [3.8, 4) is 11.3 Å². The van der Waals surface area contributed by atoms with E-state index >= 15 is 0 Å². The molecule has 1 aromatic heterocycles. The zero-order valence-corrected chi connectivity index (χ0v) is 17.9. The Morgan fingerprint density at radius 3 is 2.15 bits per heavy atom. The Bertz CT molecular complexity index is 1080. The van der Waals surface area contributed by atoms with Crippen LogP contribution in [0.2, 0.25) is 0 Å². The Balaban J connectivity index is 1.39. The standard InChI is InChI=1S/C24H24F3N5O/c25-24(26,27)18-8-10-19(11-9-18)28-23(33)29-20-7-5-6-17(16-20)21-12-13-22(31-30-21)32-14-3-1-2-4-15-32/h5-13,16H,1-4,14-15H2,(H2,28,29,33). The van der Waals surface area contributed by atoms with E-state index in [0.717, 1.165) is 49.4 Å². The first-order valence-electron chi connectivity index (χ1n) is 10.8. The predicted molar refractivity (Wildman–Crippen MR) is 122 cm³/mol. The summed E-state index contributed by atoms with van der Waals surface area (Å²) in [6.07, 6.45) is 0.384. The summed E-state index contributed by atoms with van der Waals surface area (Å²) in [4.78, 5) is 14.5. The van der Waals surface area contributed by atoms with Crippen molar-refractivity contribution in [3.63, 3.8) is 0 Å². The molecule has 0 bridgehead atoms. The molecule has 0 aliphatic carbocycles. The maximum atomic E-state index is 12.7. The summed E-state index contributed by atoms with van der Waals surface area (Å²) >= 11 is 0. The van der Waals surface area contributed by atoms with Gasteiger partial charge >= 0.3 is 12.2 Å². The number of benzene rings is 2. The lowest BCUT2D eigenvalue weighted by Gasteiger charge is -2.20. The normalized spacial score (nSPS) is 14.5. The van der Waals surface area contributed by atoms with Gasteiger partial charge in [0, 0.05) is 30.0 Å². The fourth-order valence-electron chi connectivity index (χ4n) is 3.74. The number of carbonyl (C=O) groups is 1. The Hall–Kier alpha value is -3.62. The predicted octanol–water partition coefficient (Wildman–Crippen LogP) is 6.19. The van der Waals surface area contributed by atoms with Gasteiger partial charge in [-0.05, 0) is 61.4 Å². The summed E-state index contributed by atoms with van der Waals surface area (Å²) in [5.41, 5.74) is 1.48. The molecular weight excluding hydrogens is 431 g/mol. The molecule has 4 rings (SSSR count). The largest absolute Gasteiger partial charge is 0.416 e. The fraction of sp³-hybridized carbons (Fsp3) is 0.292. The first kappa shape index (κ1) is 22.6. The number of carbonyl (C=O) groups excluding carboxylic acids is 1. The van der Waals surface area contributed by atoms with Gasteiger partial charge in [0.25, 0.3) is 0 Å². The molecule has 2 amide bonds. The van der Waals surface area contributed by atoms with Crippen molar-refractivity contribution in [3.05, 3.63) is 66.2 Å². The minimum Gasteiger partial charge on any atom is -0.355 e. The van der Waals surface area contributed by atoms with Gasteiger partial charge in [-0.25, -0.2) is 4.79 Å². The molecule has 2 N–H and O–H groups in total. The van der Waals surface area contributed by atoms with Gasteiger partial charge in [0.2, 0.25) is 0 Å². The summed E-state index contributed by atoms with van der Waals surface area (Å²) in [6.45, 7) is 1.98. The van der Waals surface area contributed by atoms with E-state index < -0.39 is 17.8 Å². The van der Waals surface area contributed by atoms with Crippen molar-refractivity contribution in [1.29, 1.82) is 0 Å². The molecule has 3 aromatic rings. The van der Waals surface area contributed by atoms with Crippen molar-refractivity contribution in [1.82, 2.24) is 10.2 Å². The number of amides is 2. The molecule has 2 heterocycles. The second-order valence-electron chi connectivity index (χ2n) is 7.91. The topological polar surface area (TPSA) is 70.2 Å². The molecule has 0 saturated carbocycles. The average molecular weight is 455 g/mol. The van der Waals surface area contributed by atoms with Crippen LogP contribution in [0.4, 0.5) is 35.2 Å². The first-order valence-corrected chi connectivity index (χ1v) is 10.8. The molecule has 2 aromatic carbocycles. The Morgan fingerprint density at radius 1 is 0.818 bits per heavy atom. The third-order valence-corrected chi connectivity index (χ3v) is 5.47. The summed E-state index contributed by atoms with van der Waals surface area (Å²) in [7, 11) is 0. The van der Waals surface area contributed by atoms with Crippen molar-refractivity contribution < 1.29 is 18.0 Å². The van der Waals surface area contributed by atoms with Crippen LogP contribution in [-0.4, -0.2) is 29.3 Å². The van der Waals surface area contributed by atoms with E-state index in [2.05, 4.69) is 25.7 Å². The highest BCUT2D eigenvalue weighted by Gasteiger charge is 2.30. The van der Waals surface area contributed by atoms with Gasteiger partial charge in [-0.3, -0.25) is 0 Å². The van der Waals surface area contributed by atoms with E-state index in [-0.39, 0.29) is 5.69 Å². The van der Waals surface area contributed by atoms with Crippen LogP contribution in [0, 0.1) is 0 Å². The van der Waals surface area contributed by atoms with E-state index in [1.165, 1.54) is 25.0 Å². The quantitative estimate of drug-likeness (QED) is 0.492. The molecule has 9 heteroatoms. The molecule has 6 nitrogen and oxygen atoms in total. The number of anilines is 3. The van der Waals surface area contributed by atoms with E-state index in [0.29, 0.717) is 11.4 Å². The smallest absolute Gasteiger partial charge is 0.355 e. The van der Waals surface area contributed by atoms with Crippen LogP contribution >= 0.6 is 0 Å². The second kappa shape index (κ2) is 9.89. The number of nitrogens with zero attached hydrogens (tertiary/aromatic N) is 3. The fourth-order valence-corrected chi connectivity index (χ4v) is 3.74. The van der Waals surface area contributed by atoms with Crippen molar-refractivity contribution in [2.75, 3.05) is 28.6 Å². The van der Waals surface area contributed by atoms with Gasteiger partial charge in [-0.2, -0.15) is 13.2 Å². The van der Waals surface area contributed by atoms with Gasteiger partial charge in [0.05, 0.1) is 11.3 Å². The highest BCUT2D eigenvalue weighted by molar-refractivity contribution is 6.00. The number of hydrogen-bond donors (Lipinski definition) is 2. The monoisotopic (exact) mass is 455 g/mol. The van der Waals surface area contributed by atoms with E-state index in [1.807, 2.05) is 18.2 Å². The maximum absolute atomic E-state index is 12.7. The Labute approximate surface area is 189 Å². The van der Waals surface area contributed by atoms with Gasteiger partial charge in [0.15, 0.2) is 5.82 Å². The molecule has 0 atom stereocenters. The van der Waals surface area contributed by atoms with Gasteiger partial charge < -0.3 is 15.5 Å². The molecule has 1 aliphatic rings. The van der Waals surface area contributed by atoms with Crippen LogP contribution in [0.3, 0.4) is 0 Å². The first-order chi connectivity index (χ1) is 15.9. The number of rotatable bonds is 4. The second-order valence-corrected chi connectivity index (χ2v) is 7.91. The maximum Gasteiger partial charge on any atom is 0.416 e. The minimum absolute atomic E-state index is 0.256. The van der Waals surface area contributed by atoms with Crippen LogP contribution in [0.1, 0.15) is 31.2 Å². The number of alkyl halides is 3. The minimum atomic E-state index is -4.42. The van der Waals surface area contributed by atoms with Crippen LogP contribution in [0.5, 0.6) is 0 Å². The summed E-state index contributed by atoms with van der Waals surface area (Å²) in [6, 6.07) is 14.7. The van der Waals surface area contributed by atoms with E-state index in [1.54, 1.807) is 18.2 Å². The molecule has 0 radical (unpaired) electrons. The molecule has 1 saturated heterocycles. The third-order valence-electron chi connectivity index (χ3n) is 5.47. The molecule has 0 spiro atoms. The highest BCUT2D eigenvalue weighted by atomic mass is 19.4. The molecule has 1 fully saturated rings.